The first-order valence-corrected chi connectivity index (χ1v) is 8.25. The summed E-state index contributed by atoms with van der Waals surface area (Å²) in [6.45, 7) is 2.74. The van der Waals surface area contributed by atoms with Crippen LogP contribution in [0.1, 0.15) is 17.3 Å². The molecular formula is C18H17ClN2O4. The van der Waals surface area contributed by atoms with Gasteiger partial charge in [0.2, 0.25) is 0 Å². The van der Waals surface area contributed by atoms with E-state index >= 15 is 0 Å². The number of hydrogen-bond donors (Lipinski definition) is 1. The molecule has 1 N–H and O–H groups in total. The van der Waals surface area contributed by atoms with Gasteiger partial charge in [0.15, 0.2) is 0 Å². The molecule has 1 aliphatic rings. The molecule has 0 spiro atoms. The highest BCUT2D eigenvalue weighted by Crippen LogP contribution is 2.34. The van der Waals surface area contributed by atoms with E-state index in [4.69, 9.17) is 21.1 Å². The number of amides is 2. The number of carbonyl (C=O) groups is 2. The van der Waals surface area contributed by atoms with E-state index in [0.29, 0.717) is 40.9 Å². The van der Waals surface area contributed by atoms with E-state index < -0.39 is 5.97 Å². The van der Waals surface area contributed by atoms with Crippen LogP contribution in [-0.2, 0) is 4.74 Å². The topological polar surface area (TPSA) is 67.9 Å². The number of halogens is 1. The van der Waals surface area contributed by atoms with E-state index in [1.807, 2.05) is 0 Å². The maximum atomic E-state index is 12.7. The molecule has 0 saturated heterocycles. The molecule has 6 nitrogen and oxygen atoms in total. The standard InChI is InChI=1S/C18H17ClN2O4/c1-2-24-17(22)13-5-3-4-6-14(13)20-18(23)21-9-10-25-16-8-7-12(19)11-15(16)21/h3-8,11H,2,9-10H2,1H3,(H,20,23). The summed E-state index contributed by atoms with van der Waals surface area (Å²) in [7, 11) is 0. The molecule has 7 heteroatoms. The Morgan fingerprint density at radius 3 is 2.88 bits per heavy atom. The van der Waals surface area contributed by atoms with Gasteiger partial charge in [0.25, 0.3) is 0 Å². The Kier molecular flexibility index (Phi) is 5.09. The third-order valence-electron chi connectivity index (χ3n) is 3.69. The summed E-state index contributed by atoms with van der Waals surface area (Å²) in [4.78, 5) is 26.3. The van der Waals surface area contributed by atoms with Gasteiger partial charge in [0, 0.05) is 5.02 Å². The van der Waals surface area contributed by atoms with Crippen molar-refractivity contribution in [3.8, 4) is 5.75 Å². The highest BCUT2D eigenvalue weighted by atomic mass is 35.5. The van der Waals surface area contributed by atoms with Gasteiger partial charge >= 0.3 is 12.0 Å². The number of benzene rings is 2. The summed E-state index contributed by atoms with van der Waals surface area (Å²) < 4.78 is 10.6. The SMILES string of the molecule is CCOC(=O)c1ccccc1NC(=O)N1CCOc2ccc(Cl)cc21. The Bertz CT molecular complexity index is 809. The maximum absolute atomic E-state index is 12.7. The van der Waals surface area contributed by atoms with E-state index in [-0.39, 0.29) is 12.6 Å². The Hall–Kier alpha value is -2.73. The summed E-state index contributed by atoms with van der Waals surface area (Å²) in [6, 6.07) is 11.5. The Morgan fingerprint density at radius 1 is 1.28 bits per heavy atom. The molecule has 3 rings (SSSR count). The van der Waals surface area contributed by atoms with Crippen molar-refractivity contribution in [2.24, 2.45) is 0 Å². The normalized spacial score (nSPS) is 12.8. The van der Waals surface area contributed by atoms with Crippen LogP contribution in [0.25, 0.3) is 0 Å². The predicted octanol–water partition coefficient (Wildman–Crippen LogP) is 3.95. The molecular weight excluding hydrogens is 344 g/mol. The van der Waals surface area contributed by atoms with Crippen molar-refractivity contribution in [2.75, 3.05) is 30.0 Å². The summed E-state index contributed by atoms with van der Waals surface area (Å²) in [6.07, 6.45) is 0. The van der Waals surface area contributed by atoms with Crippen molar-refractivity contribution >= 4 is 35.0 Å². The highest BCUT2D eigenvalue weighted by Gasteiger charge is 2.25. The van der Waals surface area contributed by atoms with Crippen LogP contribution in [0.4, 0.5) is 16.2 Å². The fourth-order valence-corrected chi connectivity index (χ4v) is 2.73. The zero-order chi connectivity index (χ0) is 17.8. The fourth-order valence-electron chi connectivity index (χ4n) is 2.56. The molecule has 25 heavy (non-hydrogen) atoms. The zero-order valence-corrected chi connectivity index (χ0v) is 14.4. The second-order valence-corrected chi connectivity index (χ2v) is 5.74. The molecule has 0 aliphatic carbocycles. The fraction of sp³-hybridized carbons (Fsp3) is 0.222. The minimum absolute atomic E-state index is 0.260. The van der Waals surface area contributed by atoms with Crippen LogP contribution < -0.4 is 15.0 Å². The lowest BCUT2D eigenvalue weighted by Crippen LogP contribution is -2.41. The number of urea groups is 1. The quantitative estimate of drug-likeness (QED) is 0.841. The summed E-state index contributed by atoms with van der Waals surface area (Å²) >= 11 is 6.03. The Balaban J connectivity index is 1.85. The van der Waals surface area contributed by atoms with Crippen molar-refractivity contribution in [3.05, 3.63) is 53.1 Å². The average molecular weight is 361 g/mol. The average Bonchev–Trinajstić information content (AvgIpc) is 2.61. The van der Waals surface area contributed by atoms with Crippen LogP contribution >= 0.6 is 11.6 Å². The van der Waals surface area contributed by atoms with Crippen LogP contribution in [0.15, 0.2) is 42.5 Å². The number of esters is 1. The van der Waals surface area contributed by atoms with Crippen molar-refractivity contribution in [1.29, 1.82) is 0 Å². The first kappa shape index (κ1) is 17.1. The number of rotatable bonds is 3. The van der Waals surface area contributed by atoms with Gasteiger partial charge in [-0.15, -0.1) is 0 Å². The van der Waals surface area contributed by atoms with E-state index in [1.165, 1.54) is 4.90 Å². The third kappa shape index (κ3) is 3.69. The van der Waals surface area contributed by atoms with E-state index in [9.17, 15) is 9.59 Å². The lowest BCUT2D eigenvalue weighted by atomic mass is 10.2. The van der Waals surface area contributed by atoms with Gasteiger partial charge in [-0.2, -0.15) is 0 Å². The molecule has 0 aromatic heterocycles. The predicted molar refractivity (Wildman–Crippen MR) is 95.7 cm³/mol. The van der Waals surface area contributed by atoms with Crippen molar-refractivity contribution in [2.45, 2.75) is 6.92 Å². The first-order valence-electron chi connectivity index (χ1n) is 7.87. The number of carbonyl (C=O) groups excluding carboxylic acids is 2. The van der Waals surface area contributed by atoms with Gasteiger partial charge in [-0.25, -0.2) is 9.59 Å². The van der Waals surface area contributed by atoms with Crippen LogP contribution in [0.3, 0.4) is 0 Å². The molecule has 0 radical (unpaired) electrons. The smallest absolute Gasteiger partial charge is 0.340 e. The summed E-state index contributed by atoms with van der Waals surface area (Å²) in [5.74, 6) is 0.105. The molecule has 0 saturated carbocycles. The number of para-hydroxylation sites is 1. The Labute approximate surface area is 150 Å². The second-order valence-electron chi connectivity index (χ2n) is 5.31. The molecule has 130 valence electrons. The van der Waals surface area contributed by atoms with Crippen molar-refractivity contribution in [3.63, 3.8) is 0 Å². The van der Waals surface area contributed by atoms with E-state index in [1.54, 1.807) is 49.4 Å². The van der Waals surface area contributed by atoms with Crippen LogP contribution in [0.2, 0.25) is 5.02 Å². The number of hydrogen-bond acceptors (Lipinski definition) is 4. The molecule has 0 atom stereocenters. The van der Waals surface area contributed by atoms with E-state index in [0.717, 1.165) is 0 Å². The van der Waals surface area contributed by atoms with Gasteiger partial charge in [-0.05, 0) is 37.3 Å². The van der Waals surface area contributed by atoms with E-state index in [2.05, 4.69) is 5.32 Å². The van der Waals surface area contributed by atoms with Gasteiger partial charge in [-0.3, -0.25) is 4.90 Å². The van der Waals surface area contributed by atoms with Gasteiger partial charge in [0.05, 0.1) is 30.1 Å². The molecule has 0 fully saturated rings. The van der Waals surface area contributed by atoms with Gasteiger partial charge in [-0.1, -0.05) is 23.7 Å². The number of fused-ring (bicyclic) bond motifs is 1. The summed E-state index contributed by atoms with van der Waals surface area (Å²) in [5.41, 5.74) is 1.28. The number of ether oxygens (including phenoxy) is 2. The number of nitrogens with one attached hydrogen (secondary N) is 1. The second kappa shape index (κ2) is 7.44. The zero-order valence-electron chi connectivity index (χ0n) is 13.6. The lowest BCUT2D eigenvalue weighted by Gasteiger charge is -2.29. The minimum atomic E-state index is -0.483. The van der Waals surface area contributed by atoms with Crippen LogP contribution in [-0.4, -0.2) is 31.8 Å². The first-order chi connectivity index (χ1) is 12.1. The lowest BCUT2D eigenvalue weighted by molar-refractivity contribution is 0.0527. The van der Waals surface area contributed by atoms with Crippen molar-refractivity contribution in [1.82, 2.24) is 0 Å². The van der Waals surface area contributed by atoms with Crippen LogP contribution in [0, 0.1) is 0 Å². The third-order valence-corrected chi connectivity index (χ3v) is 3.93. The number of anilines is 2. The largest absolute Gasteiger partial charge is 0.490 e. The summed E-state index contributed by atoms with van der Waals surface area (Å²) in [5, 5.41) is 3.28. The molecule has 1 heterocycles. The number of nitrogens with zero attached hydrogens (tertiary/aromatic N) is 1. The minimum Gasteiger partial charge on any atom is -0.490 e. The highest BCUT2D eigenvalue weighted by molar-refractivity contribution is 6.31. The molecule has 1 aliphatic heterocycles. The Morgan fingerprint density at radius 2 is 2.08 bits per heavy atom. The maximum Gasteiger partial charge on any atom is 0.340 e. The molecule has 2 amide bonds. The van der Waals surface area contributed by atoms with Gasteiger partial charge < -0.3 is 14.8 Å². The van der Waals surface area contributed by atoms with Crippen LogP contribution in [0.5, 0.6) is 5.75 Å². The molecule has 0 bridgehead atoms. The van der Waals surface area contributed by atoms with Gasteiger partial charge in [0.1, 0.15) is 12.4 Å². The van der Waals surface area contributed by atoms with Crippen molar-refractivity contribution < 1.29 is 19.1 Å². The monoisotopic (exact) mass is 360 g/mol. The molecule has 0 unspecified atom stereocenters. The molecule has 2 aromatic carbocycles. The molecule has 2 aromatic rings.